The first-order chi connectivity index (χ1) is 14.3. The number of ether oxygens (including phenoxy) is 3. The zero-order chi connectivity index (χ0) is 19.9. The van der Waals surface area contributed by atoms with Gasteiger partial charge in [-0.2, -0.15) is 0 Å². The molecule has 4 rings (SSSR count). The molecule has 0 bridgehead atoms. The maximum absolute atomic E-state index is 6.13. The van der Waals surface area contributed by atoms with E-state index in [0.717, 1.165) is 60.9 Å². The van der Waals surface area contributed by atoms with Gasteiger partial charge < -0.3 is 24.4 Å². The average Bonchev–Trinajstić information content (AvgIpc) is 3.28. The van der Waals surface area contributed by atoms with Crippen molar-refractivity contribution in [3.8, 4) is 11.5 Å². The molecule has 2 fully saturated rings. The molecule has 2 aliphatic rings. The number of rotatable bonds is 9. The molecule has 1 N–H and O–H groups in total. The highest BCUT2D eigenvalue weighted by molar-refractivity contribution is 5.92. The van der Waals surface area contributed by atoms with Crippen molar-refractivity contribution in [1.82, 2.24) is 20.2 Å². The molecule has 0 aliphatic carbocycles. The number of likely N-dealkylation sites (tertiary alicyclic amines) is 1. The first-order valence-electron chi connectivity index (χ1n) is 10.6. The van der Waals surface area contributed by atoms with Crippen LogP contribution in [0.2, 0.25) is 0 Å². The molecular weight excluding hydrogens is 370 g/mol. The fourth-order valence-electron chi connectivity index (χ4n) is 3.93. The number of methoxy groups -OCH3 is 1. The Morgan fingerprint density at radius 2 is 1.69 bits per heavy atom. The second-order valence-electron chi connectivity index (χ2n) is 7.49. The lowest BCUT2D eigenvalue weighted by atomic mass is 10.2. The molecule has 2 aliphatic heterocycles. The van der Waals surface area contributed by atoms with Gasteiger partial charge in [-0.25, -0.2) is 9.97 Å². The molecule has 3 heterocycles. The quantitative estimate of drug-likeness (QED) is 0.635. The number of hydrogen-bond donors (Lipinski definition) is 1. The van der Waals surface area contributed by atoms with Crippen molar-refractivity contribution in [1.29, 1.82) is 0 Å². The second-order valence-corrected chi connectivity index (χ2v) is 7.49. The zero-order valence-electron chi connectivity index (χ0n) is 17.2. The van der Waals surface area contributed by atoms with Crippen molar-refractivity contribution in [2.75, 3.05) is 77.6 Å². The normalized spacial score (nSPS) is 17.8. The van der Waals surface area contributed by atoms with Gasteiger partial charge in [-0.05, 0) is 32.0 Å². The Labute approximate surface area is 172 Å². The number of aromatic nitrogens is 2. The van der Waals surface area contributed by atoms with Crippen LogP contribution in [0.5, 0.6) is 11.5 Å². The van der Waals surface area contributed by atoms with E-state index in [4.69, 9.17) is 14.2 Å². The number of nitrogens with zero attached hydrogens (tertiary/aromatic N) is 4. The van der Waals surface area contributed by atoms with E-state index in [0.29, 0.717) is 19.8 Å². The molecule has 0 atom stereocenters. The molecule has 0 radical (unpaired) electrons. The van der Waals surface area contributed by atoms with E-state index in [-0.39, 0.29) is 0 Å². The summed E-state index contributed by atoms with van der Waals surface area (Å²) in [4.78, 5) is 13.8. The highest BCUT2D eigenvalue weighted by atomic mass is 16.5. The van der Waals surface area contributed by atoms with Gasteiger partial charge in [0.2, 0.25) is 0 Å². The molecule has 29 heavy (non-hydrogen) atoms. The van der Waals surface area contributed by atoms with Gasteiger partial charge in [0, 0.05) is 51.3 Å². The Morgan fingerprint density at radius 3 is 2.48 bits per heavy atom. The van der Waals surface area contributed by atoms with Gasteiger partial charge >= 0.3 is 0 Å². The van der Waals surface area contributed by atoms with Crippen LogP contribution in [0.4, 0.5) is 5.82 Å². The summed E-state index contributed by atoms with van der Waals surface area (Å²) in [5, 5.41) is 4.38. The molecule has 158 valence electrons. The van der Waals surface area contributed by atoms with Crippen LogP contribution in [0.1, 0.15) is 12.8 Å². The van der Waals surface area contributed by atoms with E-state index >= 15 is 0 Å². The van der Waals surface area contributed by atoms with Gasteiger partial charge in [0.25, 0.3) is 0 Å². The third-order valence-corrected chi connectivity index (χ3v) is 5.51. The van der Waals surface area contributed by atoms with Gasteiger partial charge in [-0.15, -0.1) is 0 Å². The summed E-state index contributed by atoms with van der Waals surface area (Å²) in [7, 11) is 1.67. The fraction of sp³-hybridized carbons (Fsp3) is 0.619. The van der Waals surface area contributed by atoms with Crippen molar-refractivity contribution in [3.05, 3.63) is 18.5 Å². The Morgan fingerprint density at radius 1 is 0.931 bits per heavy atom. The molecular formula is C21H31N5O3. The number of piperazine rings is 1. The highest BCUT2D eigenvalue weighted by Gasteiger charge is 2.18. The standard InChI is InChI=1S/C21H31N5O3/c1-27-12-13-29-19-14-17-18(15-20(19)28-11-10-25-6-2-3-7-25)23-16-24-21(17)26-8-4-22-5-9-26/h14-16,22H,2-13H2,1H3. The predicted molar refractivity (Wildman–Crippen MR) is 113 cm³/mol. The van der Waals surface area contributed by atoms with Crippen LogP contribution < -0.4 is 19.7 Å². The van der Waals surface area contributed by atoms with Crippen molar-refractivity contribution in [3.63, 3.8) is 0 Å². The predicted octanol–water partition coefficient (Wildman–Crippen LogP) is 1.54. The molecule has 8 nitrogen and oxygen atoms in total. The smallest absolute Gasteiger partial charge is 0.163 e. The van der Waals surface area contributed by atoms with Gasteiger partial charge in [0.05, 0.1) is 12.1 Å². The molecule has 2 saturated heterocycles. The minimum absolute atomic E-state index is 0.473. The molecule has 1 aromatic heterocycles. The highest BCUT2D eigenvalue weighted by Crippen LogP contribution is 2.35. The lowest BCUT2D eigenvalue weighted by Crippen LogP contribution is -2.44. The van der Waals surface area contributed by atoms with Crippen LogP contribution in [0.3, 0.4) is 0 Å². The minimum Gasteiger partial charge on any atom is -0.488 e. The number of benzene rings is 1. The van der Waals surface area contributed by atoms with E-state index in [1.54, 1.807) is 13.4 Å². The van der Waals surface area contributed by atoms with Crippen molar-refractivity contribution in [2.45, 2.75) is 12.8 Å². The first kappa shape index (κ1) is 20.1. The topological polar surface area (TPSA) is 72.0 Å². The molecule has 0 spiro atoms. The van der Waals surface area contributed by atoms with Crippen LogP contribution in [0.15, 0.2) is 18.5 Å². The summed E-state index contributed by atoms with van der Waals surface area (Å²) in [6.45, 7) is 8.69. The Bertz CT molecular complexity index is 791. The van der Waals surface area contributed by atoms with Gasteiger partial charge in [0.1, 0.15) is 25.4 Å². The summed E-state index contributed by atoms with van der Waals surface area (Å²) in [6, 6.07) is 4.00. The zero-order valence-corrected chi connectivity index (χ0v) is 17.2. The molecule has 2 aromatic rings. The molecule has 0 saturated carbocycles. The summed E-state index contributed by atoms with van der Waals surface area (Å²) < 4.78 is 17.3. The van der Waals surface area contributed by atoms with E-state index in [9.17, 15) is 0 Å². The number of hydrogen-bond acceptors (Lipinski definition) is 8. The van der Waals surface area contributed by atoms with E-state index in [1.807, 2.05) is 12.1 Å². The minimum atomic E-state index is 0.473. The number of anilines is 1. The maximum atomic E-state index is 6.13. The Balaban J connectivity index is 1.57. The maximum Gasteiger partial charge on any atom is 0.163 e. The number of nitrogens with one attached hydrogen (secondary N) is 1. The summed E-state index contributed by atoms with van der Waals surface area (Å²) >= 11 is 0. The summed E-state index contributed by atoms with van der Waals surface area (Å²) in [6.07, 6.45) is 4.21. The SMILES string of the molecule is COCCOc1cc2c(N3CCNCC3)ncnc2cc1OCCN1CCCC1. The molecule has 0 amide bonds. The first-order valence-corrected chi connectivity index (χ1v) is 10.6. The van der Waals surface area contributed by atoms with Gasteiger partial charge in [-0.1, -0.05) is 0 Å². The summed E-state index contributed by atoms with van der Waals surface area (Å²) in [5.41, 5.74) is 0.879. The average molecular weight is 402 g/mol. The van der Waals surface area contributed by atoms with E-state index < -0.39 is 0 Å². The van der Waals surface area contributed by atoms with Crippen LogP contribution in [-0.4, -0.2) is 87.6 Å². The van der Waals surface area contributed by atoms with Crippen LogP contribution >= 0.6 is 0 Å². The molecule has 1 aromatic carbocycles. The molecule has 0 unspecified atom stereocenters. The largest absolute Gasteiger partial charge is 0.488 e. The van der Waals surface area contributed by atoms with E-state index in [1.165, 1.54) is 25.9 Å². The van der Waals surface area contributed by atoms with E-state index in [2.05, 4.69) is 25.1 Å². The van der Waals surface area contributed by atoms with Gasteiger partial charge in [-0.3, -0.25) is 4.90 Å². The third kappa shape index (κ3) is 5.07. The van der Waals surface area contributed by atoms with Crippen LogP contribution in [0.25, 0.3) is 10.9 Å². The Kier molecular flexibility index (Phi) is 6.97. The number of fused-ring (bicyclic) bond motifs is 1. The lowest BCUT2D eigenvalue weighted by molar-refractivity contribution is 0.142. The fourth-order valence-corrected chi connectivity index (χ4v) is 3.93. The van der Waals surface area contributed by atoms with Crippen molar-refractivity contribution in [2.24, 2.45) is 0 Å². The van der Waals surface area contributed by atoms with Crippen molar-refractivity contribution >= 4 is 16.7 Å². The monoisotopic (exact) mass is 401 g/mol. The van der Waals surface area contributed by atoms with Crippen molar-refractivity contribution < 1.29 is 14.2 Å². The van der Waals surface area contributed by atoms with Gasteiger partial charge in [0.15, 0.2) is 11.5 Å². The molecule has 8 heteroatoms. The van der Waals surface area contributed by atoms with Crippen LogP contribution in [0, 0.1) is 0 Å². The van der Waals surface area contributed by atoms with Crippen LogP contribution in [-0.2, 0) is 4.74 Å². The Hall–Kier alpha value is -2.16. The second kappa shape index (κ2) is 10.0. The lowest BCUT2D eigenvalue weighted by Gasteiger charge is -2.29. The summed E-state index contributed by atoms with van der Waals surface area (Å²) in [5.74, 6) is 2.41. The third-order valence-electron chi connectivity index (χ3n) is 5.51.